The number of nitriles is 1. The number of aryl methyl sites for hydroxylation is 1. The third-order valence-electron chi connectivity index (χ3n) is 4.38. The van der Waals surface area contributed by atoms with Gasteiger partial charge in [0.25, 0.3) is 0 Å². The molecule has 1 atom stereocenters. The summed E-state index contributed by atoms with van der Waals surface area (Å²) < 4.78 is 45.1. The van der Waals surface area contributed by atoms with Crippen LogP contribution in [0.2, 0.25) is 0 Å². The molecule has 0 radical (unpaired) electrons. The summed E-state index contributed by atoms with van der Waals surface area (Å²) in [6.07, 6.45) is -3.27. The Morgan fingerprint density at radius 1 is 1.27 bits per heavy atom. The molecule has 1 aliphatic rings. The van der Waals surface area contributed by atoms with Crippen molar-refractivity contribution in [1.82, 2.24) is 0 Å². The first-order chi connectivity index (χ1) is 12.3. The number of carboxylic acids is 1. The maximum absolute atomic E-state index is 13.2. The highest BCUT2D eigenvalue weighted by Gasteiger charge is 2.35. The Balaban J connectivity index is 1.89. The number of halogens is 3. The van der Waals surface area contributed by atoms with Crippen molar-refractivity contribution in [3.8, 4) is 17.6 Å². The van der Waals surface area contributed by atoms with Crippen molar-refractivity contribution >= 4 is 5.97 Å². The zero-order valence-electron chi connectivity index (χ0n) is 13.5. The second-order valence-electron chi connectivity index (χ2n) is 6.12. The van der Waals surface area contributed by atoms with Crippen molar-refractivity contribution in [2.24, 2.45) is 0 Å². The molecule has 0 amide bonds. The Morgan fingerprint density at radius 3 is 2.69 bits per heavy atom. The molecule has 7 heteroatoms. The topological polar surface area (TPSA) is 70.3 Å². The first-order valence-electron chi connectivity index (χ1n) is 7.91. The average molecular weight is 361 g/mol. The van der Waals surface area contributed by atoms with Crippen LogP contribution < -0.4 is 4.74 Å². The van der Waals surface area contributed by atoms with Crippen LogP contribution in [0.4, 0.5) is 13.2 Å². The molecule has 2 aromatic rings. The number of hydrogen-bond donors (Lipinski definition) is 1. The Bertz CT molecular complexity index is 900. The molecule has 1 N–H and O–H groups in total. The number of carbonyl (C=O) groups is 1. The first-order valence-corrected chi connectivity index (χ1v) is 7.91. The van der Waals surface area contributed by atoms with Crippen molar-refractivity contribution in [2.75, 3.05) is 0 Å². The van der Waals surface area contributed by atoms with Crippen molar-refractivity contribution in [3.05, 3.63) is 58.7 Å². The molecule has 26 heavy (non-hydrogen) atoms. The van der Waals surface area contributed by atoms with E-state index in [0.29, 0.717) is 12.8 Å². The third-order valence-corrected chi connectivity index (χ3v) is 4.38. The molecule has 0 bridgehead atoms. The van der Waals surface area contributed by atoms with E-state index in [1.165, 1.54) is 12.1 Å². The van der Waals surface area contributed by atoms with Gasteiger partial charge in [-0.25, -0.2) is 0 Å². The van der Waals surface area contributed by atoms with Crippen LogP contribution in [0.1, 0.15) is 41.0 Å². The fourth-order valence-electron chi connectivity index (χ4n) is 3.21. The highest BCUT2D eigenvalue weighted by atomic mass is 19.4. The van der Waals surface area contributed by atoms with Crippen molar-refractivity contribution in [3.63, 3.8) is 0 Å². The van der Waals surface area contributed by atoms with Gasteiger partial charge < -0.3 is 9.84 Å². The van der Waals surface area contributed by atoms with E-state index >= 15 is 0 Å². The molecule has 0 saturated heterocycles. The summed E-state index contributed by atoms with van der Waals surface area (Å²) in [6.45, 7) is 0. The molecule has 134 valence electrons. The Labute approximate surface area is 147 Å². The number of benzene rings is 2. The highest BCUT2D eigenvalue weighted by molar-refractivity contribution is 5.68. The number of alkyl halides is 3. The smallest absolute Gasteiger partial charge is 0.420 e. The van der Waals surface area contributed by atoms with Crippen molar-refractivity contribution in [2.45, 2.75) is 31.4 Å². The number of carboxylic acid groups (broad SMARTS) is 1. The van der Waals surface area contributed by atoms with Crippen molar-refractivity contribution in [1.29, 1.82) is 5.26 Å². The quantitative estimate of drug-likeness (QED) is 0.843. The average Bonchev–Trinajstić information content (AvgIpc) is 2.96. The second kappa shape index (κ2) is 6.71. The highest BCUT2D eigenvalue weighted by Crippen LogP contribution is 2.41. The first kappa shape index (κ1) is 17.8. The SMILES string of the molecule is N#Cc1ccc(Oc2ccc3c(c2)CC[C@H]3CC(=O)O)c(C(F)(F)F)c1. The lowest BCUT2D eigenvalue weighted by molar-refractivity contribution is -0.139. The predicted octanol–water partition coefficient (Wildman–Crippen LogP) is 4.87. The van der Waals surface area contributed by atoms with Gasteiger partial charge in [0.05, 0.1) is 23.6 Å². The number of ether oxygens (including phenoxy) is 1. The molecule has 4 nitrogen and oxygen atoms in total. The van der Waals surface area contributed by atoms with Gasteiger partial charge in [0.1, 0.15) is 11.5 Å². The van der Waals surface area contributed by atoms with Crippen LogP contribution >= 0.6 is 0 Å². The molecule has 0 spiro atoms. The normalized spacial score (nSPS) is 16.0. The maximum atomic E-state index is 13.2. The summed E-state index contributed by atoms with van der Waals surface area (Å²) in [7, 11) is 0. The van der Waals surface area contributed by atoms with Gasteiger partial charge >= 0.3 is 12.1 Å². The van der Waals surface area contributed by atoms with Gasteiger partial charge in [-0.05, 0) is 60.2 Å². The summed E-state index contributed by atoms with van der Waals surface area (Å²) in [5.74, 6) is -1.10. The fourth-order valence-corrected chi connectivity index (χ4v) is 3.21. The van der Waals surface area contributed by atoms with Gasteiger partial charge in [0, 0.05) is 0 Å². The van der Waals surface area contributed by atoms with Crippen LogP contribution in [0.3, 0.4) is 0 Å². The predicted molar refractivity (Wildman–Crippen MR) is 86.0 cm³/mol. The number of rotatable bonds is 4. The van der Waals surface area contributed by atoms with Gasteiger partial charge in [-0.1, -0.05) is 6.07 Å². The second-order valence-corrected chi connectivity index (χ2v) is 6.12. The number of nitrogens with zero attached hydrogens (tertiary/aromatic N) is 1. The molecule has 0 unspecified atom stereocenters. The van der Waals surface area contributed by atoms with E-state index in [1.807, 2.05) is 0 Å². The molecule has 2 aromatic carbocycles. The summed E-state index contributed by atoms with van der Waals surface area (Å²) >= 11 is 0. The lowest BCUT2D eigenvalue weighted by Crippen LogP contribution is -2.07. The monoisotopic (exact) mass is 361 g/mol. The van der Waals surface area contributed by atoms with E-state index in [0.717, 1.165) is 23.3 Å². The van der Waals surface area contributed by atoms with E-state index in [-0.39, 0.29) is 29.4 Å². The lowest BCUT2D eigenvalue weighted by Gasteiger charge is -2.15. The minimum atomic E-state index is -4.65. The molecular formula is C19H14F3NO3. The minimum absolute atomic E-state index is 0.0288. The van der Waals surface area contributed by atoms with Gasteiger partial charge in [0.2, 0.25) is 0 Å². The Kier molecular flexibility index (Phi) is 4.60. The number of fused-ring (bicyclic) bond motifs is 1. The summed E-state index contributed by atoms with van der Waals surface area (Å²) in [5, 5.41) is 17.7. The van der Waals surface area contributed by atoms with Gasteiger partial charge in [-0.3, -0.25) is 4.79 Å². The zero-order valence-corrected chi connectivity index (χ0v) is 13.5. The molecular weight excluding hydrogens is 347 g/mol. The fraction of sp³-hybridized carbons (Fsp3) is 0.263. The summed E-state index contributed by atoms with van der Waals surface area (Å²) in [5.41, 5.74) is 0.669. The third kappa shape index (κ3) is 3.64. The minimum Gasteiger partial charge on any atom is -0.481 e. The van der Waals surface area contributed by atoms with Crippen LogP contribution in [0.15, 0.2) is 36.4 Å². The number of aliphatic carboxylic acids is 1. The molecule has 3 rings (SSSR count). The summed E-state index contributed by atoms with van der Waals surface area (Å²) in [6, 6.07) is 9.73. The molecule has 0 aliphatic heterocycles. The molecule has 0 heterocycles. The van der Waals surface area contributed by atoms with Crippen LogP contribution in [-0.2, 0) is 17.4 Å². The van der Waals surface area contributed by atoms with E-state index in [9.17, 15) is 18.0 Å². The molecule has 0 saturated carbocycles. The maximum Gasteiger partial charge on any atom is 0.420 e. The standard InChI is InChI=1S/C19H14F3NO3/c20-19(21,22)16-7-11(10-23)1-6-17(16)26-14-4-5-15-12(8-14)2-3-13(15)9-18(24)25/h1,4-8,13H,2-3,9H2,(H,24,25)/t13-/m0/s1. The Morgan fingerprint density at radius 2 is 2.04 bits per heavy atom. The molecule has 0 aromatic heterocycles. The van der Waals surface area contributed by atoms with Crippen LogP contribution in [-0.4, -0.2) is 11.1 Å². The molecule has 0 fully saturated rings. The zero-order chi connectivity index (χ0) is 18.9. The largest absolute Gasteiger partial charge is 0.481 e. The van der Waals surface area contributed by atoms with Crippen LogP contribution in [0.25, 0.3) is 0 Å². The van der Waals surface area contributed by atoms with E-state index in [1.54, 1.807) is 18.2 Å². The van der Waals surface area contributed by atoms with Crippen molar-refractivity contribution < 1.29 is 27.8 Å². The van der Waals surface area contributed by atoms with Gasteiger partial charge in [-0.15, -0.1) is 0 Å². The summed E-state index contributed by atoms with van der Waals surface area (Å²) in [4.78, 5) is 10.9. The van der Waals surface area contributed by atoms with E-state index in [4.69, 9.17) is 15.1 Å². The molecule has 1 aliphatic carbocycles. The lowest BCUT2D eigenvalue weighted by atomic mass is 9.98. The van der Waals surface area contributed by atoms with Gasteiger partial charge in [-0.2, -0.15) is 18.4 Å². The van der Waals surface area contributed by atoms with E-state index in [2.05, 4.69) is 0 Å². The van der Waals surface area contributed by atoms with Gasteiger partial charge in [0.15, 0.2) is 0 Å². The number of hydrogen-bond acceptors (Lipinski definition) is 3. The van der Waals surface area contributed by atoms with Crippen LogP contribution in [0.5, 0.6) is 11.5 Å². The van der Waals surface area contributed by atoms with Crippen LogP contribution in [0, 0.1) is 11.3 Å². The van der Waals surface area contributed by atoms with E-state index < -0.39 is 17.7 Å². The Hall–Kier alpha value is -3.01.